The van der Waals surface area contributed by atoms with Gasteiger partial charge in [-0.1, -0.05) is 0 Å². The molecule has 6 nitrogen and oxygen atoms in total. The second-order valence-electron chi connectivity index (χ2n) is 4.13. The first-order chi connectivity index (χ1) is 7.68. The lowest BCUT2D eigenvalue weighted by Gasteiger charge is -2.12. The molecule has 1 fully saturated rings. The first-order valence-corrected chi connectivity index (χ1v) is 5.68. The summed E-state index contributed by atoms with van der Waals surface area (Å²) >= 11 is 0. The quantitative estimate of drug-likeness (QED) is 0.384. The third kappa shape index (κ3) is 7.44. The van der Waals surface area contributed by atoms with E-state index in [1.807, 2.05) is 0 Å². The highest BCUT2D eigenvalue weighted by Gasteiger charge is 2.21. The van der Waals surface area contributed by atoms with Crippen molar-refractivity contribution < 1.29 is 14.6 Å². The number of nitrogens with one attached hydrogen (secondary N) is 2. The molecule has 16 heavy (non-hydrogen) atoms. The maximum Gasteiger partial charge on any atom is 0.312 e. The summed E-state index contributed by atoms with van der Waals surface area (Å²) in [5, 5.41) is 14.9. The number of primary amides is 1. The standard InChI is InChI=1S/C10H21N3O3/c11-10(15)13-4-3-12-5-9(14)7-16-6-8-1-2-8/h8-9,12,14H,1-7H2,(H3,11,13,15). The Morgan fingerprint density at radius 1 is 1.50 bits per heavy atom. The van der Waals surface area contributed by atoms with E-state index in [-0.39, 0.29) is 0 Å². The van der Waals surface area contributed by atoms with Crippen LogP contribution in [0.4, 0.5) is 4.79 Å². The predicted molar refractivity (Wildman–Crippen MR) is 60.0 cm³/mol. The van der Waals surface area contributed by atoms with Gasteiger partial charge >= 0.3 is 6.03 Å². The van der Waals surface area contributed by atoms with Gasteiger partial charge in [0.15, 0.2) is 0 Å². The van der Waals surface area contributed by atoms with E-state index in [1.165, 1.54) is 12.8 Å². The summed E-state index contributed by atoms with van der Waals surface area (Å²) in [6.07, 6.45) is 2.02. The molecule has 0 aromatic carbocycles. The predicted octanol–water partition coefficient (Wildman–Crippen LogP) is -0.968. The van der Waals surface area contributed by atoms with Crippen LogP contribution in [0.5, 0.6) is 0 Å². The van der Waals surface area contributed by atoms with Gasteiger partial charge in [-0.15, -0.1) is 0 Å². The number of aliphatic hydroxyl groups is 1. The molecule has 0 saturated heterocycles. The Balaban J connectivity index is 1.81. The minimum Gasteiger partial charge on any atom is -0.389 e. The van der Waals surface area contributed by atoms with Gasteiger partial charge in [-0.3, -0.25) is 0 Å². The Bertz CT molecular complexity index is 209. The molecule has 1 aliphatic carbocycles. The topological polar surface area (TPSA) is 96.6 Å². The van der Waals surface area contributed by atoms with Gasteiger partial charge in [0.25, 0.3) is 0 Å². The van der Waals surface area contributed by atoms with Crippen LogP contribution in [0.1, 0.15) is 12.8 Å². The van der Waals surface area contributed by atoms with Crippen molar-refractivity contribution in [2.75, 3.05) is 32.8 Å². The van der Waals surface area contributed by atoms with E-state index in [0.29, 0.717) is 26.2 Å². The monoisotopic (exact) mass is 231 g/mol. The van der Waals surface area contributed by atoms with E-state index in [2.05, 4.69) is 10.6 Å². The van der Waals surface area contributed by atoms with Crippen LogP contribution < -0.4 is 16.4 Å². The number of aliphatic hydroxyl groups excluding tert-OH is 1. The second-order valence-corrected chi connectivity index (χ2v) is 4.13. The van der Waals surface area contributed by atoms with Gasteiger partial charge in [-0.2, -0.15) is 0 Å². The minimum atomic E-state index is -0.532. The molecule has 0 bridgehead atoms. The van der Waals surface area contributed by atoms with Gasteiger partial charge in [-0.05, 0) is 18.8 Å². The Morgan fingerprint density at radius 2 is 2.25 bits per heavy atom. The summed E-state index contributed by atoms with van der Waals surface area (Å²) in [6, 6.07) is -0.532. The number of amides is 2. The zero-order valence-corrected chi connectivity index (χ0v) is 9.45. The normalized spacial score (nSPS) is 17.1. The largest absolute Gasteiger partial charge is 0.389 e. The molecule has 1 saturated carbocycles. The van der Waals surface area contributed by atoms with Crippen LogP contribution in [-0.2, 0) is 4.74 Å². The summed E-state index contributed by atoms with van der Waals surface area (Å²) in [5.74, 6) is 0.722. The van der Waals surface area contributed by atoms with Gasteiger partial charge in [0.2, 0.25) is 0 Å². The highest BCUT2D eigenvalue weighted by molar-refractivity contribution is 5.71. The average molecular weight is 231 g/mol. The van der Waals surface area contributed by atoms with E-state index in [9.17, 15) is 9.90 Å². The van der Waals surface area contributed by atoms with Crippen molar-refractivity contribution in [3.8, 4) is 0 Å². The van der Waals surface area contributed by atoms with Crippen molar-refractivity contribution in [3.63, 3.8) is 0 Å². The lowest BCUT2D eigenvalue weighted by atomic mass is 10.3. The molecule has 94 valence electrons. The number of urea groups is 1. The van der Waals surface area contributed by atoms with E-state index >= 15 is 0 Å². The molecule has 1 atom stereocenters. The van der Waals surface area contributed by atoms with Crippen molar-refractivity contribution in [3.05, 3.63) is 0 Å². The fourth-order valence-corrected chi connectivity index (χ4v) is 1.26. The number of hydrogen-bond donors (Lipinski definition) is 4. The van der Waals surface area contributed by atoms with Crippen LogP contribution in [-0.4, -0.2) is 50.1 Å². The third-order valence-corrected chi connectivity index (χ3v) is 2.34. The fourth-order valence-electron chi connectivity index (χ4n) is 1.26. The molecule has 0 heterocycles. The van der Waals surface area contributed by atoms with E-state index < -0.39 is 12.1 Å². The van der Waals surface area contributed by atoms with E-state index in [0.717, 1.165) is 12.5 Å². The molecule has 0 aromatic rings. The molecule has 6 heteroatoms. The van der Waals surface area contributed by atoms with Crippen molar-refractivity contribution in [2.24, 2.45) is 11.7 Å². The number of rotatable bonds is 9. The number of carbonyl (C=O) groups is 1. The van der Waals surface area contributed by atoms with Crippen LogP contribution in [0.3, 0.4) is 0 Å². The molecule has 1 aliphatic rings. The van der Waals surface area contributed by atoms with E-state index in [4.69, 9.17) is 10.5 Å². The van der Waals surface area contributed by atoms with Crippen molar-refractivity contribution in [1.29, 1.82) is 0 Å². The highest BCUT2D eigenvalue weighted by atomic mass is 16.5. The maximum atomic E-state index is 10.3. The van der Waals surface area contributed by atoms with Crippen molar-refractivity contribution in [1.82, 2.24) is 10.6 Å². The smallest absolute Gasteiger partial charge is 0.312 e. The zero-order valence-electron chi connectivity index (χ0n) is 9.45. The number of nitrogens with two attached hydrogens (primary N) is 1. The van der Waals surface area contributed by atoms with Crippen LogP contribution in [0, 0.1) is 5.92 Å². The fraction of sp³-hybridized carbons (Fsp3) is 0.900. The molecule has 0 aliphatic heterocycles. The Morgan fingerprint density at radius 3 is 2.88 bits per heavy atom. The van der Waals surface area contributed by atoms with Gasteiger partial charge in [0.05, 0.1) is 12.7 Å². The first kappa shape index (κ1) is 13.2. The lowest BCUT2D eigenvalue weighted by molar-refractivity contribution is 0.0327. The molecule has 1 rings (SSSR count). The molecule has 0 radical (unpaired) electrons. The molecular weight excluding hydrogens is 210 g/mol. The van der Waals surface area contributed by atoms with Crippen LogP contribution in [0.15, 0.2) is 0 Å². The molecule has 2 amide bonds. The van der Waals surface area contributed by atoms with Gasteiger partial charge < -0.3 is 26.2 Å². The third-order valence-electron chi connectivity index (χ3n) is 2.34. The Kier molecular flexibility index (Phi) is 6.14. The molecular formula is C10H21N3O3. The van der Waals surface area contributed by atoms with Crippen LogP contribution >= 0.6 is 0 Å². The number of ether oxygens (including phenoxy) is 1. The molecule has 0 spiro atoms. The maximum absolute atomic E-state index is 10.3. The number of hydrogen-bond acceptors (Lipinski definition) is 4. The zero-order chi connectivity index (χ0) is 11.8. The molecule has 0 aromatic heterocycles. The van der Waals surface area contributed by atoms with Crippen LogP contribution in [0.25, 0.3) is 0 Å². The lowest BCUT2D eigenvalue weighted by Crippen LogP contribution is -2.38. The summed E-state index contributed by atoms with van der Waals surface area (Å²) < 4.78 is 5.33. The first-order valence-electron chi connectivity index (χ1n) is 5.68. The Labute approximate surface area is 95.5 Å². The second kappa shape index (κ2) is 7.43. The molecule has 1 unspecified atom stereocenters. The van der Waals surface area contributed by atoms with Gasteiger partial charge in [-0.25, -0.2) is 4.79 Å². The summed E-state index contributed by atoms with van der Waals surface area (Å²) in [4.78, 5) is 10.3. The summed E-state index contributed by atoms with van der Waals surface area (Å²) in [5.41, 5.74) is 4.89. The van der Waals surface area contributed by atoms with Crippen LogP contribution in [0.2, 0.25) is 0 Å². The number of carbonyl (C=O) groups excluding carboxylic acids is 1. The average Bonchev–Trinajstić information content (AvgIpc) is 3.00. The SMILES string of the molecule is NC(=O)NCCNCC(O)COCC1CC1. The summed E-state index contributed by atoms with van der Waals surface area (Å²) in [6.45, 7) is 2.64. The molecule has 5 N–H and O–H groups in total. The van der Waals surface area contributed by atoms with Gasteiger partial charge in [0, 0.05) is 26.2 Å². The van der Waals surface area contributed by atoms with Crippen molar-refractivity contribution in [2.45, 2.75) is 18.9 Å². The van der Waals surface area contributed by atoms with Crippen molar-refractivity contribution >= 4 is 6.03 Å². The van der Waals surface area contributed by atoms with Gasteiger partial charge in [0.1, 0.15) is 0 Å². The Hall–Kier alpha value is -0.850. The highest BCUT2D eigenvalue weighted by Crippen LogP contribution is 2.28. The van der Waals surface area contributed by atoms with E-state index in [1.54, 1.807) is 0 Å². The minimum absolute atomic E-state index is 0.368. The summed E-state index contributed by atoms with van der Waals surface area (Å²) in [7, 11) is 0.